The number of aromatic hydroxyl groups is 1. The van der Waals surface area contributed by atoms with Crippen molar-refractivity contribution in [2.75, 3.05) is 12.3 Å². The van der Waals surface area contributed by atoms with Gasteiger partial charge >= 0.3 is 0 Å². The van der Waals surface area contributed by atoms with Crippen LogP contribution in [0.15, 0.2) is 45.1 Å². The molecule has 0 spiro atoms. The summed E-state index contributed by atoms with van der Waals surface area (Å²) in [6.07, 6.45) is 1.54. The maximum absolute atomic E-state index is 12.1. The van der Waals surface area contributed by atoms with Gasteiger partial charge in [0.05, 0.1) is 11.3 Å². The van der Waals surface area contributed by atoms with E-state index in [2.05, 4.69) is 15.5 Å². The lowest BCUT2D eigenvalue weighted by Crippen LogP contribution is -2.28. The smallest absolute Gasteiger partial charge is 0.266 e. The molecule has 0 saturated carbocycles. The van der Waals surface area contributed by atoms with Crippen molar-refractivity contribution in [1.82, 2.24) is 15.5 Å². The zero-order valence-corrected chi connectivity index (χ0v) is 23.5. The molecule has 1 aromatic heterocycles. The Kier molecular flexibility index (Phi) is 10.5. The van der Waals surface area contributed by atoms with Crippen LogP contribution in [-0.4, -0.2) is 52.3 Å². The highest BCUT2D eigenvalue weighted by atomic mass is 32.2. The molecular weight excluding hydrogens is 555 g/mol. The fourth-order valence-corrected chi connectivity index (χ4v) is 6.73. The number of benzene rings is 2. The zero-order chi connectivity index (χ0) is 27.0. The third-order valence-electron chi connectivity index (χ3n) is 5.22. The minimum absolute atomic E-state index is 0.0718. The van der Waals surface area contributed by atoms with Crippen molar-refractivity contribution in [1.29, 1.82) is 0 Å². The number of Topliss-reactive ketones (excluding diaryl/α,β-unsaturated/α-hetero) is 1. The van der Waals surface area contributed by atoms with Crippen molar-refractivity contribution in [2.24, 2.45) is 0 Å². The molecule has 3 aromatic rings. The van der Waals surface area contributed by atoms with Gasteiger partial charge in [-0.15, -0.1) is 10.2 Å². The number of aromatic nitrogens is 2. The highest BCUT2D eigenvalue weighted by Crippen LogP contribution is 2.35. The Labute approximate surface area is 228 Å². The molecule has 37 heavy (non-hydrogen) atoms. The molecule has 0 bridgehead atoms. The topological polar surface area (TPSA) is 147 Å². The fraction of sp³-hybridized carbons (Fsp3) is 0.333. The number of amides is 1. The Morgan fingerprint density at radius 2 is 1.68 bits per heavy atom. The van der Waals surface area contributed by atoms with Crippen LogP contribution >= 0.6 is 34.9 Å². The van der Waals surface area contributed by atoms with Crippen molar-refractivity contribution >= 4 is 56.7 Å². The lowest BCUT2D eigenvalue weighted by molar-refractivity contribution is 0.0954. The van der Waals surface area contributed by atoms with Crippen LogP contribution in [0.5, 0.6) is 5.75 Å². The second kappa shape index (κ2) is 13.4. The summed E-state index contributed by atoms with van der Waals surface area (Å²) >= 11 is 4.53. The predicted molar refractivity (Wildman–Crippen MR) is 146 cm³/mol. The minimum atomic E-state index is -4.12. The van der Waals surface area contributed by atoms with Gasteiger partial charge in [-0.25, -0.2) is 0 Å². The Bertz CT molecular complexity index is 1360. The Hall–Kier alpha value is -2.45. The third-order valence-corrected chi connectivity index (χ3v) is 9.25. The molecule has 0 aliphatic rings. The zero-order valence-electron chi connectivity index (χ0n) is 20.3. The first-order valence-electron chi connectivity index (χ1n) is 11.3. The molecular formula is C24H27N3O6S4. The van der Waals surface area contributed by atoms with Gasteiger partial charge in [0.25, 0.3) is 16.0 Å². The average Bonchev–Trinajstić information content (AvgIpc) is 3.30. The van der Waals surface area contributed by atoms with E-state index >= 15 is 0 Å². The molecule has 0 aliphatic carbocycles. The van der Waals surface area contributed by atoms with Crippen molar-refractivity contribution in [3.05, 3.63) is 64.2 Å². The first kappa shape index (κ1) is 29.1. The van der Waals surface area contributed by atoms with Crippen LogP contribution in [0.3, 0.4) is 0 Å². The summed E-state index contributed by atoms with van der Waals surface area (Å²) in [7, 11) is -4.12. The fourth-order valence-electron chi connectivity index (χ4n) is 3.37. The van der Waals surface area contributed by atoms with Crippen molar-refractivity contribution in [3.63, 3.8) is 0 Å². The molecule has 0 fully saturated rings. The van der Waals surface area contributed by atoms with Gasteiger partial charge in [0, 0.05) is 23.6 Å². The van der Waals surface area contributed by atoms with Gasteiger partial charge < -0.3 is 10.4 Å². The lowest BCUT2D eigenvalue weighted by Gasteiger charge is -2.12. The Morgan fingerprint density at radius 3 is 2.27 bits per heavy atom. The summed E-state index contributed by atoms with van der Waals surface area (Å²) in [5, 5.41) is 21.5. The molecule has 0 atom stereocenters. The number of nitrogens with zero attached hydrogens (tertiary/aromatic N) is 2. The summed E-state index contributed by atoms with van der Waals surface area (Å²) in [5.74, 6) is 0.194. The molecule has 0 aliphatic heterocycles. The molecule has 198 valence electrons. The monoisotopic (exact) mass is 581 g/mol. The van der Waals surface area contributed by atoms with Crippen LogP contribution in [0.25, 0.3) is 0 Å². The van der Waals surface area contributed by atoms with Gasteiger partial charge in [0.2, 0.25) is 0 Å². The first-order chi connectivity index (χ1) is 17.6. The normalized spacial score (nSPS) is 11.4. The van der Waals surface area contributed by atoms with Gasteiger partial charge in [0.1, 0.15) is 5.75 Å². The summed E-state index contributed by atoms with van der Waals surface area (Å²) < 4.78 is 31.8. The molecule has 0 unspecified atom stereocenters. The molecule has 1 amide bonds. The molecule has 2 aromatic carbocycles. The number of thioether (sulfide) groups is 2. The van der Waals surface area contributed by atoms with E-state index in [1.807, 2.05) is 25.1 Å². The van der Waals surface area contributed by atoms with Crippen molar-refractivity contribution in [2.45, 2.75) is 46.9 Å². The number of hydrogen-bond acceptors (Lipinski definition) is 10. The van der Waals surface area contributed by atoms with Crippen LogP contribution in [0.1, 0.15) is 57.7 Å². The van der Waals surface area contributed by atoms with E-state index in [-0.39, 0.29) is 18.1 Å². The van der Waals surface area contributed by atoms with Gasteiger partial charge in [-0.1, -0.05) is 66.4 Å². The number of hydrogen-bond donors (Lipinski definition) is 3. The SMILES string of the molecule is CCCc1c(CSc2nnc(SCc3ccc(C(=O)NCCS(=O)(=O)O)cc3)s2)ccc(C(C)=O)c1O. The Balaban J connectivity index is 1.53. The van der Waals surface area contributed by atoms with Crippen LogP contribution in [-0.2, 0) is 28.0 Å². The Morgan fingerprint density at radius 1 is 1.03 bits per heavy atom. The number of phenols is 1. The van der Waals surface area contributed by atoms with Crippen LogP contribution in [0.2, 0.25) is 0 Å². The molecule has 9 nitrogen and oxygen atoms in total. The minimum Gasteiger partial charge on any atom is -0.507 e. The molecule has 0 radical (unpaired) electrons. The van der Waals surface area contributed by atoms with Crippen LogP contribution in [0, 0.1) is 0 Å². The number of carbonyl (C=O) groups is 2. The number of rotatable bonds is 13. The van der Waals surface area contributed by atoms with E-state index in [1.54, 1.807) is 18.2 Å². The van der Waals surface area contributed by atoms with Gasteiger partial charge in [-0.3, -0.25) is 14.1 Å². The molecule has 13 heteroatoms. The standard InChI is InChI=1S/C24H27N3O6S4/c1-3-4-20-18(9-10-19(15(2)28)21(20)29)14-35-24-27-26-23(36-24)34-13-16-5-7-17(8-6-16)22(30)25-11-12-37(31,32)33/h5-10,29H,3-4,11-14H2,1-2H3,(H,25,30)(H,31,32,33). The summed E-state index contributed by atoms with van der Waals surface area (Å²) in [6.45, 7) is 3.31. The molecule has 3 N–H and O–H groups in total. The largest absolute Gasteiger partial charge is 0.507 e. The first-order valence-corrected chi connectivity index (χ1v) is 15.7. The van der Waals surface area contributed by atoms with E-state index in [0.29, 0.717) is 29.1 Å². The van der Waals surface area contributed by atoms with E-state index in [4.69, 9.17) is 4.55 Å². The number of ketones is 1. The second-order valence-corrected chi connectivity index (χ2v) is 13.1. The highest BCUT2D eigenvalue weighted by Gasteiger charge is 2.16. The van der Waals surface area contributed by atoms with Crippen molar-refractivity contribution < 1.29 is 27.7 Å². The molecule has 3 rings (SSSR count). The third kappa shape index (κ3) is 8.82. The maximum Gasteiger partial charge on any atom is 0.266 e. The van der Waals surface area contributed by atoms with Gasteiger partial charge in [0.15, 0.2) is 14.5 Å². The lowest BCUT2D eigenvalue weighted by atomic mass is 9.98. The van der Waals surface area contributed by atoms with Gasteiger partial charge in [-0.2, -0.15) is 8.42 Å². The number of nitrogens with one attached hydrogen (secondary N) is 1. The molecule has 0 saturated heterocycles. The van der Waals surface area contributed by atoms with E-state index in [9.17, 15) is 23.1 Å². The van der Waals surface area contributed by atoms with Crippen LogP contribution in [0.4, 0.5) is 0 Å². The van der Waals surface area contributed by atoms with E-state index < -0.39 is 21.8 Å². The van der Waals surface area contributed by atoms with Crippen LogP contribution < -0.4 is 5.32 Å². The van der Waals surface area contributed by atoms with Gasteiger partial charge in [-0.05, 0) is 48.2 Å². The van der Waals surface area contributed by atoms with E-state index in [1.165, 1.54) is 41.8 Å². The number of carbonyl (C=O) groups excluding carboxylic acids is 2. The highest BCUT2D eigenvalue weighted by molar-refractivity contribution is 8.02. The van der Waals surface area contributed by atoms with Crippen molar-refractivity contribution in [3.8, 4) is 5.75 Å². The predicted octanol–water partition coefficient (Wildman–Crippen LogP) is 4.60. The maximum atomic E-state index is 12.1. The quantitative estimate of drug-likeness (QED) is 0.149. The van der Waals surface area contributed by atoms with E-state index in [0.717, 1.165) is 31.8 Å². The summed E-state index contributed by atoms with van der Waals surface area (Å²) in [4.78, 5) is 23.8. The second-order valence-electron chi connectivity index (χ2n) is 8.06. The number of phenolic OH excluding ortho intramolecular Hbond substituents is 1. The summed E-state index contributed by atoms with van der Waals surface area (Å²) in [5.41, 5.74) is 3.49. The average molecular weight is 582 g/mol. The molecule has 1 heterocycles. The summed E-state index contributed by atoms with van der Waals surface area (Å²) in [6, 6.07) is 10.5.